The van der Waals surface area contributed by atoms with Gasteiger partial charge in [-0.05, 0) is 55.0 Å². The highest BCUT2D eigenvalue weighted by atomic mass is 79.9. The number of hydrogen-bond donors (Lipinski definition) is 1. The van der Waals surface area contributed by atoms with Gasteiger partial charge in [0, 0.05) is 44.4 Å². The Hall–Kier alpha value is -2.23. The van der Waals surface area contributed by atoms with Crippen molar-refractivity contribution in [1.29, 1.82) is 0 Å². The van der Waals surface area contributed by atoms with E-state index in [1.807, 2.05) is 12.1 Å². The molecule has 1 unspecified atom stereocenters. The second kappa shape index (κ2) is 7.79. The summed E-state index contributed by atoms with van der Waals surface area (Å²) in [4.78, 5) is 5.86. The highest BCUT2D eigenvalue weighted by molar-refractivity contribution is 9.10. The lowest BCUT2D eigenvalue weighted by Gasteiger charge is -2.33. The molecule has 0 saturated carbocycles. The number of anilines is 1. The van der Waals surface area contributed by atoms with Gasteiger partial charge in [0.2, 0.25) is 0 Å². The lowest BCUT2D eigenvalue weighted by molar-refractivity contribution is 0.730. The molecule has 4 rings (SSSR count). The van der Waals surface area contributed by atoms with E-state index in [2.05, 4.69) is 99.6 Å². The molecule has 0 aliphatic carbocycles. The number of aromatic amines is 1. The van der Waals surface area contributed by atoms with Crippen molar-refractivity contribution in [2.75, 3.05) is 11.4 Å². The van der Waals surface area contributed by atoms with Crippen LogP contribution in [0, 0.1) is 0 Å². The number of nitrogens with one attached hydrogen (secondary N) is 1. The zero-order valence-electron chi connectivity index (χ0n) is 15.0. The molecule has 2 nitrogen and oxygen atoms in total. The van der Waals surface area contributed by atoms with Crippen molar-refractivity contribution >= 4 is 44.1 Å². The Morgan fingerprint density at radius 3 is 2.44 bits per heavy atom. The highest BCUT2D eigenvalue weighted by Crippen LogP contribution is 2.37. The number of H-pyrrole nitrogens is 1. The van der Waals surface area contributed by atoms with Crippen LogP contribution < -0.4 is 4.90 Å². The zero-order valence-corrected chi connectivity index (χ0v) is 17.3. The number of rotatable bonds is 5. The molecule has 1 aromatic heterocycles. The fourth-order valence-corrected chi connectivity index (χ4v) is 4.13. The predicted octanol–water partition coefficient (Wildman–Crippen LogP) is 7.20. The Kier molecular flexibility index (Phi) is 5.24. The lowest BCUT2D eigenvalue weighted by atomic mass is 9.96. The first kappa shape index (κ1) is 18.1. The molecule has 0 aliphatic heterocycles. The van der Waals surface area contributed by atoms with E-state index in [1.165, 1.54) is 22.2 Å². The summed E-state index contributed by atoms with van der Waals surface area (Å²) in [6.45, 7) is 3.08. The standard InChI is InChI=1S/C23H20BrClN2/c1-2-27(19-6-4-3-5-7-19)23(16-8-11-18(25)12-9-16)21-15-26-22-13-10-17(24)14-20(21)22/h3-15,23,26H,2H2,1H3. The highest BCUT2D eigenvalue weighted by Gasteiger charge is 2.24. The van der Waals surface area contributed by atoms with Crippen molar-refractivity contribution in [3.8, 4) is 0 Å². The smallest absolute Gasteiger partial charge is 0.0816 e. The lowest BCUT2D eigenvalue weighted by Crippen LogP contribution is -2.29. The number of nitrogens with zero attached hydrogens (tertiary/aromatic N) is 1. The normalized spacial score (nSPS) is 12.3. The van der Waals surface area contributed by atoms with E-state index in [-0.39, 0.29) is 6.04 Å². The first-order valence-corrected chi connectivity index (χ1v) is 10.2. The van der Waals surface area contributed by atoms with Crippen LogP contribution in [-0.4, -0.2) is 11.5 Å². The van der Waals surface area contributed by atoms with Crippen LogP contribution in [-0.2, 0) is 0 Å². The number of benzene rings is 3. The summed E-state index contributed by atoms with van der Waals surface area (Å²) in [5, 5.41) is 1.97. The van der Waals surface area contributed by atoms with Crippen molar-refractivity contribution in [3.63, 3.8) is 0 Å². The van der Waals surface area contributed by atoms with Crippen LogP contribution in [0.4, 0.5) is 5.69 Å². The molecule has 0 aliphatic rings. The molecule has 27 heavy (non-hydrogen) atoms. The van der Waals surface area contributed by atoms with Crippen molar-refractivity contribution < 1.29 is 0 Å². The molecule has 1 atom stereocenters. The average Bonchev–Trinajstić information content (AvgIpc) is 3.10. The van der Waals surface area contributed by atoms with Gasteiger partial charge in [-0.25, -0.2) is 0 Å². The van der Waals surface area contributed by atoms with E-state index in [1.54, 1.807) is 0 Å². The molecule has 0 fully saturated rings. The van der Waals surface area contributed by atoms with Crippen LogP contribution in [0.25, 0.3) is 10.9 Å². The number of fused-ring (bicyclic) bond motifs is 1. The molecular weight excluding hydrogens is 420 g/mol. The van der Waals surface area contributed by atoms with Gasteiger partial charge < -0.3 is 9.88 Å². The van der Waals surface area contributed by atoms with Crippen LogP contribution in [0.15, 0.2) is 83.5 Å². The third-order valence-electron chi connectivity index (χ3n) is 4.90. The predicted molar refractivity (Wildman–Crippen MR) is 119 cm³/mol. The van der Waals surface area contributed by atoms with Gasteiger partial charge in [0.15, 0.2) is 0 Å². The first-order valence-electron chi connectivity index (χ1n) is 9.01. The van der Waals surface area contributed by atoms with Gasteiger partial charge in [-0.1, -0.05) is 57.9 Å². The summed E-state index contributed by atoms with van der Waals surface area (Å²) in [6, 6.07) is 25.2. The third kappa shape index (κ3) is 3.62. The zero-order chi connectivity index (χ0) is 18.8. The van der Waals surface area contributed by atoms with E-state index < -0.39 is 0 Å². The Bertz CT molecular complexity index is 1040. The van der Waals surface area contributed by atoms with Crippen LogP contribution in [0.5, 0.6) is 0 Å². The molecule has 4 aromatic rings. The van der Waals surface area contributed by atoms with Crippen LogP contribution >= 0.6 is 27.5 Å². The molecule has 0 amide bonds. The first-order chi connectivity index (χ1) is 13.2. The number of aromatic nitrogens is 1. The number of halogens is 2. The van der Waals surface area contributed by atoms with Crippen molar-refractivity contribution in [1.82, 2.24) is 4.98 Å². The Morgan fingerprint density at radius 2 is 1.74 bits per heavy atom. The molecule has 1 N–H and O–H groups in total. The minimum Gasteiger partial charge on any atom is -0.361 e. The average molecular weight is 440 g/mol. The molecule has 0 bridgehead atoms. The minimum absolute atomic E-state index is 0.0812. The fourth-order valence-electron chi connectivity index (χ4n) is 3.65. The Balaban J connectivity index is 1.92. The molecule has 136 valence electrons. The van der Waals surface area contributed by atoms with Crippen molar-refractivity contribution in [2.24, 2.45) is 0 Å². The summed E-state index contributed by atoms with van der Waals surface area (Å²) in [6.07, 6.45) is 2.13. The summed E-state index contributed by atoms with van der Waals surface area (Å²) in [5.41, 5.74) is 4.80. The van der Waals surface area contributed by atoms with Gasteiger partial charge in [-0.15, -0.1) is 0 Å². The van der Waals surface area contributed by atoms with Gasteiger partial charge >= 0.3 is 0 Å². The van der Waals surface area contributed by atoms with Gasteiger partial charge in [0.05, 0.1) is 6.04 Å². The van der Waals surface area contributed by atoms with E-state index in [0.717, 1.165) is 21.6 Å². The van der Waals surface area contributed by atoms with E-state index in [0.29, 0.717) is 0 Å². The second-order valence-corrected chi connectivity index (χ2v) is 7.86. The second-order valence-electron chi connectivity index (χ2n) is 6.51. The van der Waals surface area contributed by atoms with E-state index in [9.17, 15) is 0 Å². The molecule has 4 heteroatoms. The third-order valence-corrected chi connectivity index (χ3v) is 5.64. The molecule has 3 aromatic carbocycles. The minimum atomic E-state index is 0.0812. The molecular formula is C23H20BrClN2. The maximum atomic E-state index is 6.16. The van der Waals surface area contributed by atoms with E-state index >= 15 is 0 Å². The SMILES string of the molecule is CCN(c1ccccc1)C(c1ccc(Cl)cc1)c1c[nH]c2ccc(Br)cc12. The quantitative estimate of drug-likeness (QED) is 0.348. The van der Waals surface area contributed by atoms with Gasteiger partial charge in [0.1, 0.15) is 0 Å². The number of hydrogen-bond acceptors (Lipinski definition) is 1. The summed E-state index contributed by atoms with van der Waals surface area (Å²) in [5.74, 6) is 0. The summed E-state index contributed by atoms with van der Waals surface area (Å²) in [7, 11) is 0. The summed E-state index contributed by atoms with van der Waals surface area (Å²) < 4.78 is 1.08. The largest absolute Gasteiger partial charge is 0.361 e. The molecule has 0 radical (unpaired) electrons. The van der Waals surface area contributed by atoms with Crippen molar-refractivity contribution in [2.45, 2.75) is 13.0 Å². The van der Waals surface area contributed by atoms with Crippen LogP contribution in [0.2, 0.25) is 5.02 Å². The topological polar surface area (TPSA) is 19.0 Å². The Morgan fingerprint density at radius 1 is 1.00 bits per heavy atom. The fraction of sp³-hybridized carbons (Fsp3) is 0.130. The molecule has 0 saturated heterocycles. The monoisotopic (exact) mass is 438 g/mol. The maximum absolute atomic E-state index is 6.16. The van der Waals surface area contributed by atoms with Crippen LogP contribution in [0.3, 0.4) is 0 Å². The Labute approximate surface area is 172 Å². The van der Waals surface area contributed by atoms with Crippen LogP contribution in [0.1, 0.15) is 24.1 Å². The van der Waals surface area contributed by atoms with Crippen molar-refractivity contribution in [3.05, 3.63) is 99.6 Å². The molecule has 0 spiro atoms. The van der Waals surface area contributed by atoms with Gasteiger partial charge in [-0.2, -0.15) is 0 Å². The van der Waals surface area contributed by atoms with E-state index in [4.69, 9.17) is 11.6 Å². The van der Waals surface area contributed by atoms with Gasteiger partial charge in [-0.3, -0.25) is 0 Å². The molecule has 1 heterocycles. The van der Waals surface area contributed by atoms with Gasteiger partial charge in [0.25, 0.3) is 0 Å². The number of para-hydroxylation sites is 1. The maximum Gasteiger partial charge on any atom is 0.0816 e. The summed E-state index contributed by atoms with van der Waals surface area (Å²) >= 11 is 9.78.